The average Bonchev–Trinajstić information content (AvgIpc) is 3.28. The summed E-state index contributed by atoms with van der Waals surface area (Å²) in [6.07, 6.45) is 1.88. The van der Waals surface area contributed by atoms with Crippen LogP contribution >= 0.6 is 0 Å². The van der Waals surface area contributed by atoms with Crippen molar-refractivity contribution in [2.24, 2.45) is 17.6 Å². The summed E-state index contributed by atoms with van der Waals surface area (Å²) in [5.74, 6) is -1.92. The minimum absolute atomic E-state index is 0.0958. The van der Waals surface area contributed by atoms with E-state index in [1.54, 1.807) is 53.4 Å². The van der Waals surface area contributed by atoms with E-state index < -0.39 is 71.6 Å². The largest absolute Gasteiger partial charge is 0.461 e. The predicted molar refractivity (Wildman–Crippen MR) is 278 cm³/mol. The monoisotopic (exact) mass is 996 g/mol. The Bertz CT molecular complexity index is 1930. The third-order valence-electron chi connectivity index (χ3n) is 11.0. The zero-order chi connectivity index (χ0) is 53.3. The molecule has 0 radical (unpaired) electrons. The average molecular weight is 996 g/mol. The standard InChI is InChI=1S/C54H89N7O10/c1-14-16-20-39-22-26-41(27-23-39)42-28-24-40(25-29-42)34-61(32-19-31-57-52(67)71-54(11,12)13)50(65)59-45(38(7)68-35-37(5)6)47(62)60-46(55)48(63)58-44(49(64)69-43(15-2)33-36(3)4)21-17-18-30-56-51(66)70-53(8,9)10/h22-29,36-38,43-46H,14-21,30-35,55H2,1-13H3,(H,56,66)(H,57,67)(H,58,63)(H,59,65)(H,60,62). The maximum Gasteiger partial charge on any atom is 0.407 e. The molecule has 0 spiro atoms. The number of nitrogens with one attached hydrogen (secondary N) is 5. The topological polar surface area (TPSA) is 229 Å². The van der Waals surface area contributed by atoms with Gasteiger partial charge >= 0.3 is 24.2 Å². The summed E-state index contributed by atoms with van der Waals surface area (Å²) in [5.41, 5.74) is 9.20. The number of carbonyl (C=O) groups excluding carboxylic acids is 6. The van der Waals surface area contributed by atoms with Crippen molar-refractivity contribution in [2.45, 2.75) is 196 Å². The first-order valence-electron chi connectivity index (χ1n) is 25.7. The highest BCUT2D eigenvalue weighted by Gasteiger charge is 2.33. The molecule has 0 aromatic heterocycles. The summed E-state index contributed by atoms with van der Waals surface area (Å²) in [6, 6.07) is 13.4. The van der Waals surface area contributed by atoms with Gasteiger partial charge in [-0.25, -0.2) is 19.2 Å². The van der Waals surface area contributed by atoms with E-state index in [-0.39, 0.29) is 57.1 Å². The highest BCUT2D eigenvalue weighted by molar-refractivity contribution is 5.93. The van der Waals surface area contributed by atoms with Gasteiger partial charge in [0.05, 0.1) is 6.10 Å². The van der Waals surface area contributed by atoms with Gasteiger partial charge in [-0.2, -0.15) is 0 Å². The quantitative estimate of drug-likeness (QED) is 0.0196. The second-order valence-corrected chi connectivity index (χ2v) is 21.1. The maximum atomic E-state index is 14.4. The van der Waals surface area contributed by atoms with Gasteiger partial charge in [-0.05, 0) is 134 Å². The van der Waals surface area contributed by atoms with Crippen molar-refractivity contribution < 1.29 is 47.7 Å². The lowest BCUT2D eigenvalue weighted by Gasteiger charge is -2.30. The number of amides is 6. The molecule has 0 saturated heterocycles. The zero-order valence-electron chi connectivity index (χ0n) is 45.2. The Hall–Kier alpha value is -5.42. The van der Waals surface area contributed by atoms with Crippen molar-refractivity contribution >= 4 is 36.0 Å². The van der Waals surface area contributed by atoms with Crippen LogP contribution in [0.25, 0.3) is 11.1 Å². The summed E-state index contributed by atoms with van der Waals surface area (Å²) in [7, 11) is 0. The molecular weight excluding hydrogens is 907 g/mol. The van der Waals surface area contributed by atoms with Gasteiger partial charge < -0.3 is 56.2 Å². The second kappa shape index (κ2) is 31.1. The zero-order valence-corrected chi connectivity index (χ0v) is 45.2. The van der Waals surface area contributed by atoms with E-state index >= 15 is 0 Å². The first kappa shape index (κ1) is 61.7. The van der Waals surface area contributed by atoms with E-state index in [1.807, 2.05) is 58.9 Å². The van der Waals surface area contributed by atoms with E-state index in [4.69, 9.17) is 24.7 Å². The summed E-state index contributed by atoms with van der Waals surface area (Å²) >= 11 is 0. The van der Waals surface area contributed by atoms with Crippen LogP contribution in [0.4, 0.5) is 14.4 Å². The minimum Gasteiger partial charge on any atom is -0.461 e. The molecule has 0 heterocycles. The molecule has 71 heavy (non-hydrogen) atoms. The van der Waals surface area contributed by atoms with Crippen LogP contribution < -0.4 is 32.3 Å². The van der Waals surface area contributed by atoms with Crippen LogP contribution in [-0.2, 0) is 46.3 Å². The fraction of sp³-hybridized carbons (Fsp3) is 0.667. The molecule has 17 heteroatoms. The number of rotatable bonds is 29. The maximum absolute atomic E-state index is 14.4. The molecule has 5 unspecified atom stereocenters. The van der Waals surface area contributed by atoms with Crippen LogP contribution in [0, 0.1) is 11.8 Å². The number of ether oxygens (including phenoxy) is 4. The van der Waals surface area contributed by atoms with Gasteiger partial charge in [-0.1, -0.05) is 96.5 Å². The molecule has 7 N–H and O–H groups in total. The molecule has 400 valence electrons. The molecule has 0 aliphatic heterocycles. The lowest BCUT2D eigenvalue weighted by molar-refractivity contribution is -0.154. The molecule has 2 aromatic carbocycles. The third kappa shape index (κ3) is 26.0. The van der Waals surface area contributed by atoms with Gasteiger partial charge in [0, 0.05) is 32.8 Å². The Balaban J connectivity index is 2.33. The SMILES string of the molecule is CCCCc1ccc(-c2ccc(CN(CCCNC(=O)OC(C)(C)C)C(=O)NC(C(=O)NC(N)C(=O)NC(CCCCNC(=O)OC(C)(C)C)C(=O)OC(CC)CC(C)C)C(C)OCC(C)C)cc2)cc1. The van der Waals surface area contributed by atoms with Gasteiger partial charge in [0.25, 0.3) is 5.91 Å². The molecule has 0 fully saturated rings. The Morgan fingerprint density at radius 2 is 1.21 bits per heavy atom. The third-order valence-corrected chi connectivity index (χ3v) is 11.0. The van der Waals surface area contributed by atoms with E-state index in [2.05, 4.69) is 57.8 Å². The second-order valence-electron chi connectivity index (χ2n) is 21.1. The number of aryl methyl sites for hydroxylation is 1. The van der Waals surface area contributed by atoms with Crippen molar-refractivity contribution in [1.29, 1.82) is 0 Å². The van der Waals surface area contributed by atoms with Crippen molar-refractivity contribution in [2.75, 3.05) is 26.2 Å². The molecule has 0 aliphatic carbocycles. The van der Waals surface area contributed by atoms with Crippen molar-refractivity contribution in [3.63, 3.8) is 0 Å². The Morgan fingerprint density at radius 3 is 1.72 bits per heavy atom. The van der Waals surface area contributed by atoms with Gasteiger partial charge in [0.2, 0.25) is 5.91 Å². The minimum atomic E-state index is -1.64. The molecule has 2 rings (SSSR count). The molecule has 0 aliphatic rings. The highest BCUT2D eigenvalue weighted by atomic mass is 16.6. The molecule has 0 saturated carbocycles. The fourth-order valence-corrected chi connectivity index (χ4v) is 7.22. The number of alkyl carbamates (subject to hydrolysis) is 2. The number of urea groups is 1. The number of unbranched alkanes of at least 4 members (excludes halogenated alkanes) is 2. The number of nitrogens with two attached hydrogens (primary N) is 1. The first-order chi connectivity index (χ1) is 33.3. The summed E-state index contributed by atoms with van der Waals surface area (Å²) in [4.78, 5) is 82.0. The van der Waals surface area contributed by atoms with Crippen LogP contribution in [0.15, 0.2) is 48.5 Å². The molecule has 2 aromatic rings. The number of nitrogens with zero attached hydrogens (tertiary/aromatic N) is 1. The van der Waals surface area contributed by atoms with E-state index in [9.17, 15) is 28.8 Å². The number of hydrogen-bond donors (Lipinski definition) is 6. The van der Waals surface area contributed by atoms with Crippen molar-refractivity contribution in [3.05, 3.63) is 59.7 Å². The molecule has 0 bridgehead atoms. The molecule has 5 atom stereocenters. The number of benzene rings is 2. The summed E-state index contributed by atoms with van der Waals surface area (Å²) < 4.78 is 22.6. The Kier molecular flexibility index (Phi) is 27.0. The van der Waals surface area contributed by atoms with Crippen LogP contribution in [-0.4, -0.2) is 109 Å². The van der Waals surface area contributed by atoms with Crippen LogP contribution in [0.2, 0.25) is 0 Å². The Morgan fingerprint density at radius 1 is 0.662 bits per heavy atom. The normalized spacial score (nSPS) is 13.8. The van der Waals surface area contributed by atoms with Gasteiger partial charge in [-0.3, -0.25) is 9.59 Å². The smallest absolute Gasteiger partial charge is 0.407 e. The molecule has 17 nitrogen and oxygen atoms in total. The van der Waals surface area contributed by atoms with Crippen LogP contribution in [0.1, 0.15) is 153 Å². The fourth-order valence-electron chi connectivity index (χ4n) is 7.22. The molecular formula is C54H89N7O10. The van der Waals surface area contributed by atoms with Crippen LogP contribution in [0.3, 0.4) is 0 Å². The summed E-state index contributed by atoms with van der Waals surface area (Å²) in [5, 5.41) is 13.5. The van der Waals surface area contributed by atoms with E-state index in [0.29, 0.717) is 32.1 Å². The Labute approximate surface area is 424 Å². The number of esters is 1. The van der Waals surface area contributed by atoms with E-state index in [0.717, 1.165) is 36.0 Å². The van der Waals surface area contributed by atoms with Gasteiger partial charge in [-0.15, -0.1) is 0 Å². The van der Waals surface area contributed by atoms with Gasteiger partial charge in [0.1, 0.15) is 29.4 Å². The van der Waals surface area contributed by atoms with Crippen molar-refractivity contribution in [1.82, 2.24) is 31.5 Å². The van der Waals surface area contributed by atoms with Gasteiger partial charge in [0.15, 0.2) is 6.17 Å². The highest BCUT2D eigenvalue weighted by Crippen LogP contribution is 2.22. The lowest BCUT2D eigenvalue weighted by Crippen LogP contribution is -2.62. The lowest BCUT2D eigenvalue weighted by atomic mass is 10.0. The van der Waals surface area contributed by atoms with E-state index in [1.165, 1.54) is 5.56 Å². The predicted octanol–water partition coefficient (Wildman–Crippen LogP) is 8.50. The number of hydrogen-bond acceptors (Lipinski definition) is 11. The van der Waals surface area contributed by atoms with Crippen LogP contribution in [0.5, 0.6) is 0 Å². The first-order valence-corrected chi connectivity index (χ1v) is 25.7. The molecule has 6 amide bonds. The number of carbonyl (C=O) groups is 6. The van der Waals surface area contributed by atoms with Crippen molar-refractivity contribution in [3.8, 4) is 11.1 Å². The summed E-state index contributed by atoms with van der Waals surface area (Å²) in [6.45, 7) is 25.4.